The zero-order valence-corrected chi connectivity index (χ0v) is 14.0. The molecular formula is C16H12F2N2O4S. The second kappa shape index (κ2) is 5.92. The molecule has 0 unspecified atom stereocenters. The van der Waals surface area contributed by atoms with Gasteiger partial charge in [-0.25, -0.2) is 26.6 Å². The van der Waals surface area contributed by atoms with Crippen molar-refractivity contribution >= 4 is 9.84 Å². The highest BCUT2D eigenvalue weighted by Gasteiger charge is 2.23. The molecule has 0 aliphatic rings. The summed E-state index contributed by atoms with van der Waals surface area (Å²) in [5.41, 5.74) is 0.903. The average Bonchev–Trinajstić information content (AvgIpc) is 2.87. The van der Waals surface area contributed by atoms with Crippen LogP contribution in [0.4, 0.5) is 8.78 Å². The molecule has 3 aromatic rings. The predicted octanol–water partition coefficient (Wildman–Crippen LogP) is 2.48. The fourth-order valence-corrected chi connectivity index (χ4v) is 3.34. The van der Waals surface area contributed by atoms with Crippen LogP contribution in [0.3, 0.4) is 0 Å². The number of pyridine rings is 1. The van der Waals surface area contributed by atoms with Crippen molar-refractivity contribution < 1.29 is 21.6 Å². The van der Waals surface area contributed by atoms with Gasteiger partial charge in [-0.15, -0.1) is 0 Å². The van der Waals surface area contributed by atoms with Crippen LogP contribution in [0, 0.1) is 18.6 Å². The van der Waals surface area contributed by atoms with Crippen molar-refractivity contribution in [3.63, 3.8) is 0 Å². The van der Waals surface area contributed by atoms with Gasteiger partial charge in [-0.2, -0.15) is 0 Å². The molecular weight excluding hydrogens is 354 g/mol. The number of rotatable bonds is 3. The third kappa shape index (κ3) is 2.98. The summed E-state index contributed by atoms with van der Waals surface area (Å²) in [4.78, 5) is 15.1. The Morgan fingerprint density at radius 2 is 1.84 bits per heavy atom. The standard InChI is InChI=1S/C16H12F2N2O4S/c1-9-13(4-3-5-19-9)20-14(8-24-16(20)21)10-6-11(17)15(12(18)7-10)25(2,22)23/h3-8H,1-2H3. The van der Waals surface area contributed by atoms with Crippen LogP contribution in [-0.2, 0) is 9.84 Å². The van der Waals surface area contributed by atoms with Crippen LogP contribution in [0.2, 0.25) is 0 Å². The molecule has 0 saturated carbocycles. The summed E-state index contributed by atoms with van der Waals surface area (Å²) in [6.45, 7) is 1.66. The molecule has 0 fully saturated rings. The first-order valence-corrected chi connectivity index (χ1v) is 8.91. The van der Waals surface area contributed by atoms with Gasteiger partial charge in [0.25, 0.3) is 0 Å². The molecule has 0 aliphatic heterocycles. The van der Waals surface area contributed by atoms with Crippen LogP contribution in [0.15, 0.2) is 50.8 Å². The first kappa shape index (κ1) is 17.0. The van der Waals surface area contributed by atoms with Crippen molar-refractivity contribution in [1.29, 1.82) is 0 Å². The number of hydrogen-bond acceptors (Lipinski definition) is 5. The number of oxazole rings is 1. The van der Waals surface area contributed by atoms with E-state index < -0.39 is 32.1 Å². The van der Waals surface area contributed by atoms with Gasteiger partial charge in [0.15, 0.2) is 9.84 Å². The summed E-state index contributed by atoms with van der Waals surface area (Å²) in [6, 6.07) is 4.87. The maximum Gasteiger partial charge on any atom is 0.424 e. The highest BCUT2D eigenvalue weighted by atomic mass is 32.2. The van der Waals surface area contributed by atoms with Gasteiger partial charge in [-0.05, 0) is 31.2 Å². The van der Waals surface area contributed by atoms with Gasteiger partial charge in [0.1, 0.15) is 22.8 Å². The smallest absolute Gasteiger partial charge is 0.415 e. The van der Waals surface area contributed by atoms with E-state index in [-0.39, 0.29) is 11.3 Å². The van der Waals surface area contributed by atoms with Crippen LogP contribution < -0.4 is 5.76 Å². The highest BCUT2D eigenvalue weighted by molar-refractivity contribution is 7.90. The molecule has 0 aliphatic carbocycles. The molecule has 9 heteroatoms. The van der Waals surface area contributed by atoms with E-state index >= 15 is 0 Å². The molecule has 2 aromatic heterocycles. The van der Waals surface area contributed by atoms with E-state index in [1.165, 1.54) is 6.20 Å². The Kier molecular flexibility index (Phi) is 4.03. The number of halogens is 2. The number of sulfone groups is 1. The first-order chi connectivity index (χ1) is 11.7. The van der Waals surface area contributed by atoms with E-state index in [0.29, 0.717) is 17.6 Å². The van der Waals surface area contributed by atoms with Crippen LogP contribution in [0.1, 0.15) is 5.69 Å². The van der Waals surface area contributed by atoms with Gasteiger partial charge in [0.05, 0.1) is 17.1 Å². The lowest BCUT2D eigenvalue weighted by atomic mass is 10.1. The lowest BCUT2D eigenvalue weighted by molar-refractivity contribution is 0.503. The van der Waals surface area contributed by atoms with Gasteiger partial charge in [0.2, 0.25) is 0 Å². The lowest BCUT2D eigenvalue weighted by Gasteiger charge is -2.10. The topological polar surface area (TPSA) is 82.2 Å². The zero-order chi connectivity index (χ0) is 18.4. The first-order valence-electron chi connectivity index (χ1n) is 7.02. The van der Waals surface area contributed by atoms with E-state index in [4.69, 9.17) is 4.42 Å². The minimum atomic E-state index is -4.08. The quantitative estimate of drug-likeness (QED) is 0.711. The maximum absolute atomic E-state index is 14.2. The molecule has 2 heterocycles. The monoisotopic (exact) mass is 366 g/mol. The number of aryl methyl sites for hydroxylation is 1. The molecule has 6 nitrogen and oxygen atoms in total. The van der Waals surface area contributed by atoms with E-state index in [1.807, 2.05) is 0 Å². The van der Waals surface area contributed by atoms with Crippen molar-refractivity contribution in [3.8, 4) is 16.9 Å². The Hall–Kier alpha value is -2.81. The third-order valence-corrected chi connectivity index (χ3v) is 4.71. The average molecular weight is 366 g/mol. The van der Waals surface area contributed by atoms with Crippen molar-refractivity contribution in [2.75, 3.05) is 6.26 Å². The van der Waals surface area contributed by atoms with Gasteiger partial charge >= 0.3 is 5.76 Å². The molecule has 0 saturated heterocycles. The van der Waals surface area contributed by atoms with Crippen LogP contribution in [0.5, 0.6) is 0 Å². The number of hydrogen-bond donors (Lipinski definition) is 0. The molecule has 3 rings (SSSR count). The van der Waals surface area contributed by atoms with Crippen LogP contribution >= 0.6 is 0 Å². The molecule has 1 aromatic carbocycles. The SMILES string of the molecule is Cc1ncccc1-n1c(-c2cc(F)c(S(C)(=O)=O)c(F)c2)coc1=O. The fourth-order valence-electron chi connectivity index (χ4n) is 2.51. The second-order valence-electron chi connectivity index (χ2n) is 5.37. The lowest BCUT2D eigenvalue weighted by Crippen LogP contribution is -2.15. The molecule has 0 radical (unpaired) electrons. The van der Waals surface area contributed by atoms with Gasteiger partial charge in [0, 0.05) is 18.0 Å². The summed E-state index contributed by atoms with van der Waals surface area (Å²) in [6.07, 6.45) is 3.29. The Labute approximate surface area is 141 Å². The largest absolute Gasteiger partial charge is 0.424 e. The normalized spacial score (nSPS) is 11.7. The molecule has 25 heavy (non-hydrogen) atoms. The van der Waals surface area contributed by atoms with Crippen molar-refractivity contribution in [2.24, 2.45) is 0 Å². The van der Waals surface area contributed by atoms with Crippen molar-refractivity contribution in [3.05, 3.63) is 64.6 Å². The minimum Gasteiger partial charge on any atom is -0.415 e. The number of benzene rings is 1. The predicted molar refractivity (Wildman–Crippen MR) is 85.3 cm³/mol. The minimum absolute atomic E-state index is 0.0449. The van der Waals surface area contributed by atoms with Gasteiger partial charge in [-0.3, -0.25) is 4.98 Å². The summed E-state index contributed by atoms with van der Waals surface area (Å²) in [5, 5.41) is 0. The Morgan fingerprint density at radius 3 is 2.40 bits per heavy atom. The zero-order valence-electron chi connectivity index (χ0n) is 13.2. The summed E-state index contributed by atoms with van der Waals surface area (Å²) in [5.74, 6) is -3.26. The van der Waals surface area contributed by atoms with Gasteiger partial charge in [-0.1, -0.05) is 0 Å². The highest BCUT2D eigenvalue weighted by Crippen LogP contribution is 2.28. The fraction of sp³-hybridized carbons (Fsp3) is 0.125. The van der Waals surface area contributed by atoms with Crippen molar-refractivity contribution in [2.45, 2.75) is 11.8 Å². The van der Waals surface area contributed by atoms with E-state index in [1.54, 1.807) is 19.1 Å². The Morgan fingerprint density at radius 1 is 1.20 bits per heavy atom. The Balaban J connectivity index is 2.27. The molecule has 0 bridgehead atoms. The van der Waals surface area contributed by atoms with Crippen molar-refractivity contribution in [1.82, 2.24) is 9.55 Å². The molecule has 0 N–H and O–H groups in total. The van der Waals surface area contributed by atoms with E-state index in [0.717, 1.165) is 23.0 Å². The molecule has 0 spiro atoms. The molecule has 130 valence electrons. The summed E-state index contributed by atoms with van der Waals surface area (Å²) >= 11 is 0. The van der Waals surface area contributed by atoms with Crippen LogP contribution in [0.25, 0.3) is 16.9 Å². The summed E-state index contributed by atoms with van der Waals surface area (Å²) in [7, 11) is -4.08. The Bertz CT molecular complexity index is 1110. The van der Waals surface area contributed by atoms with Gasteiger partial charge < -0.3 is 4.42 Å². The number of aromatic nitrogens is 2. The third-order valence-electron chi connectivity index (χ3n) is 3.58. The molecule has 0 atom stereocenters. The van der Waals surface area contributed by atoms with E-state index in [2.05, 4.69) is 4.98 Å². The summed E-state index contributed by atoms with van der Waals surface area (Å²) < 4.78 is 57.3. The van der Waals surface area contributed by atoms with E-state index in [9.17, 15) is 22.0 Å². The van der Waals surface area contributed by atoms with Crippen LogP contribution in [-0.4, -0.2) is 24.2 Å². The maximum atomic E-state index is 14.2. The number of nitrogens with zero attached hydrogens (tertiary/aromatic N) is 2. The molecule has 0 amide bonds. The second-order valence-corrected chi connectivity index (χ2v) is 7.32.